The Morgan fingerprint density at radius 3 is 2.21 bits per heavy atom. The van der Waals surface area contributed by atoms with Crippen molar-refractivity contribution >= 4 is 23.1 Å². The van der Waals surface area contributed by atoms with Gasteiger partial charge in [-0.3, -0.25) is 0 Å². The minimum atomic E-state index is 0.562. The van der Waals surface area contributed by atoms with Gasteiger partial charge in [0.15, 0.2) is 5.82 Å². The van der Waals surface area contributed by atoms with Crippen LogP contribution < -0.4 is 15.1 Å². The predicted octanol–water partition coefficient (Wildman–Crippen LogP) is 3.21. The van der Waals surface area contributed by atoms with Crippen LogP contribution in [0.3, 0.4) is 0 Å². The van der Waals surface area contributed by atoms with E-state index in [0.717, 1.165) is 37.7 Å². The number of rotatable bonds is 4. The van der Waals surface area contributed by atoms with Crippen molar-refractivity contribution in [3.05, 3.63) is 30.5 Å². The minimum absolute atomic E-state index is 0.562. The first kappa shape index (κ1) is 15.2. The van der Waals surface area contributed by atoms with Crippen LogP contribution in [-0.4, -0.2) is 41.4 Å². The highest BCUT2D eigenvalue weighted by Crippen LogP contribution is 2.23. The van der Waals surface area contributed by atoms with Gasteiger partial charge >= 0.3 is 0 Å². The van der Waals surface area contributed by atoms with E-state index in [0.29, 0.717) is 5.95 Å². The number of hydrogen-bond donors (Lipinski definition) is 1. The van der Waals surface area contributed by atoms with E-state index in [-0.39, 0.29) is 0 Å². The van der Waals surface area contributed by atoms with E-state index in [1.54, 1.807) is 6.20 Å². The zero-order valence-electron chi connectivity index (χ0n) is 14.0. The summed E-state index contributed by atoms with van der Waals surface area (Å²) in [6.45, 7) is 4.45. The third kappa shape index (κ3) is 3.42. The second-order valence-corrected chi connectivity index (χ2v) is 6.55. The van der Waals surface area contributed by atoms with Crippen LogP contribution in [0.15, 0.2) is 30.5 Å². The van der Waals surface area contributed by atoms with Gasteiger partial charge in [0.2, 0.25) is 5.95 Å². The highest BCUT2D eigenvalue weighted by Gasteiger charge is 2.14. The van der Waals surface area contributed by atoms with Crippen LogP contribution in [0.4, 0.5) is 23.1 Å². The number of aromatic nitrogens is 3. The van der Waals surface area contributed by atoms with Crippen molar-refractivity contribution in [2.45, 2.75) is 32.1 Å². The molecule has 0 amide bonds. The maximum Gasteiger partial charge on any atom is 0.249 e. The van der Waals surface area contributed by atoms with Crippen LogP contribution in [0.25, 0.3) is 0 Å². The molecule has 0 atom stereocenters. The van der Waals surface area contributed by atoms with Crippen molar-refractivity contribution in [3.63, 3.8) is 0 Å². The number of piperidine rings is 1. The van der Waals surface area contributed by atoms with Crippen molar-refractivity contribution in [2.24, 2.45) is 0 Å². The lowest BCUT2D eigenvalue weighted by Crippen LogP contribution is -2.30. The Labute approximate surface area is 142 Å². The zero-order chi connectivity index (χ0) is 16.2. The molecule has 1 N–H and O–H groups in total. The number of nitrogens with zero attached hydrogens (tertiary/aromatic N) is 5. The number of nitrogens with one attached hydrogen (secondary N) is 1. The van der Waals surface area contributed by atoms with Gasteiger partial charge in [0.05, 0.1) is 6.20 Å². The zero-order valence-corrected chi connectivity index (χ0v) is 14.0. The Bertz CT molecular complexity index is 659. The summed E-state index contributed by atoms with van der Waals surface area (Å²) >= 11 is 0. The first-order valence-corrected chi connectivity index (χ1v) is 8.95. The van der Waals surface area contributed by atoms with Gasteiger partial charge in [-0.25, -0.2) is 0 Å². The molecule has 0 bridgehead atoms. The molecule has 4 rings (SSSR count). The topological polar surface area (TPSA) is 57.2 Å². The molecule has 6 heteroatoms. The Hall–Kier alpha value is -2.37. The first-order chi connectivity index (χ1) is 11.9. The van der Waals surface area contributed by atoms with E-state index in [4.69, 9.17) is 0 Å². The fourth-order valence-electron chi connectivity index (χ4n) is 3.48. The monoisotopic (exact) mass is 324 g/mol. The normalized spacial score (nSPS) is 18.0. The van der Waals surface area contributed by atoms with Crippen molar-refractivity contribution in [3.8, 4) is 0 Å². The highest BCUT2D eigenvalue weighted by molar-refractivity contribution is 5.60. The Balaban J connectivity index is 1.44. The summed E-state index contributed by atoms with van der Waals surface area (Å²) in [5.41, 5.74) is 2.29. The van der Waals surface area contributed by atoms with Gasteiger partial charge < -0.3 is 15.1 Å². The van der Waals surface area contributed by atoms with Crippen LogP contribution >= 0.6 is 0 Å². The standard InChI is InChI=1S/C18H24N6/c1-2-12-24(13-3-1)17-14-19-22-18(21-17)20-15-6-8-16(9-7-15)23-10-4-5-11-23/h6-9,14H,1-5,10-13H2,(H,20,21,22). The molecule has 2 fully saturated rings. The van der Waals surface area contributed by atoms with E-state index >= 15 is 0 Å². The van der Waals surface area contributed by atoms with E-state index < -0.39 is 0 Å². The summed E-state index contributed by atoms with van der Waals surface area (Å²) in [4.78, 5) is 9.34. The molecule has 0 radical (unpaired) electrons. The average Bonchev–Trinajstić information content (AvgIpc) is 3.18. The third-order valence-electron chi connectivity index (χ3n) is 4.82. The smallest absolute Gasteiger partial charge is 0.249 e. The third-order valence-corrected chi connectivity index (χ3v) is 4.82. The largest absolute Gasteiger partial charge is 0.372 e. The van der Waals surface area contributed by atoms with Gasteiger partial charge in [-0.2, -0.15) is 10.1 Å². The summed E-state index contributed by atoms with van der Waals surface area (Å²) in [6, 6.07) is 8.50. The molecular weight excluding hydrogens is 300 g/mol. The summed E-state index contributed by atoms with van der Waals surface area (Å²) in [6.07, 6.45) is 8.11. The van der Waals surface area contributed by atoms with E-state index in [1.807, 2.05) is 0 Å². The second kappa shape index (κ2) is 7.03. The lowest BCUT2D eigenvalue weighted by atomic mass is 10.1. The van der Waals surface area contributed by atoms with Crippen LogP contribution in [0, 0.1) is 0 Å². The maximum atomic E-state index is 4.62. The molecule has 3 heterocycles. The molecular formula is C18H24N6. The fourth-order valence-corrected chi connectivity index (χ4v) is 3.48. The maximum absolute atomic E-state index is 4.62. The van der Waals surface area contributed by atoms with Crippen LogP contribution in [-0.2, 0) is 0 Å². The summed E-state index contributed by atoms with van der Waals surface area (Å²) in [5, 5.41) is 11.5. The molecule has 126 valence electrons. The number of anilines is 4. The van der Waals surface area contributed by atoms with Crippen LogP contribution in [0.1, 0.15) is 32.1 Å². The average molecular weight is 324 g/mol. The molecule has 2 aliphatic heterocycles. The van der Waals surface area contributed by atoms with Crippen molar-refractivity contribution in [2.75, 3.05) is 41.3 Å². The van der Waals surface area contributed by atoms with Gasteiger partial charge in [-0.15, -0.1) is 5.10 Å². The summed E-state index contributed by atoms with van der Waals surface area (Å²) in [7, 11) is 0. The van der Waals surface area contributed by atoms with Gasteiger partial charge in [0.25, 0.3) is 0 Å². The van der Waals surface area contributed by atoms with E-state index in [9.17, 15) is 0 Å². The molecule has 2 saturated heterocycles. The Kier molecular flexibility index (Phi) is 4.44. The minimum Gasteiger partial charge on any atom is -0.372 e. The lowest BCUT2D eigenvalue weighted by Gasteiger charge is -2.27. The van der Waals surface area contributed by atoms with Crippen molar-refractivity contribution < 1.29 is 0 Å². The van der Waals surface area contributed by atoms with E-state index in [1.165, 1.54) is 37.8 Å². The molecule has 2 aromatic rings. The van der Waals surface area contributed by atoms with Crippen LogP contribution in [0.5, 0.6) is 0 Å². The number of benzene rings is 1. The molecule has 0 spiro atoms. The molecule has 1 aromatic carbocycles. The molecule has 24 heavy (non-hydrogen) atoms. The highest BCUT2D eigenvalue weighted by atomic mass is 15.3. The number of hydrogen-bond acceptors (Lipinski definition) is 6. The van der Waals surface area contributed by atoms with Gasteiger partial charge in [-0.05, 0) is 56.4 Å². The van der Waals surface area contributed by atoms with Crippen molar-refractivity contribution in [1.82, 2.24) is 15.2 Å². The van der Waals surface area contributed by atoms with E-state index in [2.05, 4.69) is 54.6 Å². The van der Waals surface area contributed by atoms with Gasteiger partial charge in [0.1, 0.15) is 0 Å². The molecule has 0 unspecified atom stereocenters. The van der Waals surface area contributed by atoms with Gasteiger partial charge in [-0.1, -0.05) is 0 Å². The predicted molar refractivity (Wildman–Crippen MR) is 97.1 cm³/mol. The Morgan fingerprint density at radius 1 is 0.792 bits per heavy atom. The molecule has 0 saturated carbocycles. The fraction of sp³-hybridized carbons (Fsp3) is 0.500. The summed E-state index contributed by atoms with van der Waals surface area (Å²) in [5.74, 6) is 1.48. The van der Waals surface area contributed by atoms with Crippen molar-refractivity contribution in [1.29, 1.82) is 0 Å². The van der Waals surface area contributed by atoms with Crippen LogP contribution in [0.2, 0.25) is 0 Å². The quantitative estimate of drug-likeness (QED) is 0.932. The van der Waals surface area contributed by atoms with Gasteiger partial charge in [0, 0.05) is 37.6 Å². The summed E-state index contributed by atoms with van der Waals surface area (Å²) < 4.78 is 0. The Morgan fingerprint density at radius 2 is 1.46 bits per heavy atom. The molecule has 2 aliphatic rings. The first-order valence-electron chi connectivity index (χ1n) is 8.95. The lowest BCUT2D eigenvalue weighted by molar-refractivity contribution is 0.572. The SMILES string of the molecule is c1cc(N2CCCC2)ccc1Nc1nncc(N2CCCCC2)n1. The molecule has 1 aromatic heterocycles. The molecule has 0 aliphatic carbocycles. The second-order valence-electron chi connectivity index (χ2n) is 6.55. The molecule has 6 nitrogen and oxygen atoms in total.